The van der Waals surface area contributed by atoms with Crippen LogP contribution in [0, 0.1) is 0 Å². The van der Waals surface area contributed by atoms with E-state index in [1.54, 1.807) is 0 Å². The Hall–Kier alpha value is -0.860. The van der Waals surface area contributed by atoms with Gasteiger partial charge in [-0.25, -0.2) is 19.0 Å². The van der Waals surface area contributed by atoms with Crippen molar-refractivity contribution in [1.29, 1.82) is 0 Å². The third-order valence-electron chi connectivity index (χ3n) is 1.42. The van der Waals surface area contributed by atoms with E-state index in [1.807, 2.05) is 6.92 Å². The van der Waals surface area contributed by atoms with Gasteiger partial charge in [0.25, 0.3) is 0 Å². The van der Waals surface area contributed by atoms with E-state index in [1.165, 1.54) is 7.05 Å². The first-order valence-electron chi connectivity index (χ1n) is 4.22. The highest BCUT2D eigenvalue weighted by atomic mass is 32.2. The van der Waals surface area contributed by atoms with Crippen LogP contribution in [0.25, 0.3) is 0 Å². The Bertz CT molecular complexity index is 274. The molecule has 0 aliphatic rings. The van der Waals surface area contributed by atoms with Gasteiger partial charge in [-0.2, -0.15) is 0 Å². The Balaban J connectivity index is 4.02. The van der Waals surface area contributed by atoms with Crippen molar-refractivity contribution in [2.45, 2.75) is 6.92 Å². The average molecular weight is 223 g/mol. The maximum Gasteiger partial charge on any atom is 0.213 e. The summed E-state index contributed by atoms with van der Waals surface area (Å²) in [5.41, 5.74) is 2.33. The van der Waals surface area contributed by atoms with E-state index in [0.29, 0.717) is 12.5 Å². The molecule has 14 heavy (non-hydrogen) atoms. The lowest BCUT2D eigenvalue weighted by atomic mass is 10.7. The number of nitrogens with zero attached hydrogens (tertiary/aromatic N) is 1. The van der Waals surface area contributed by atoms with Gasteiger partial charge >= 0.3 is 0 Å². The Morgan fingerprint density at radius 1 is 1.50 bits per heavy atom. The highest BCUT2D eigenvalue weighted by Gasteiger charge is 2.05. The zero-order valence-corrected chi connectivity index (χ0v) is 9.19. The molecule has 8 heteroatoms. The lowest BCUT2D eigenvalue weighted by Gasteiger charge is -2.06. The van der Waals surface area contributed by atoms with Gasteiger partial charge in [0.1, 0.15) is 0 Å². The van der Waals surface area contributed by atoms with Crippen LogP contribution in [0.3, 0.4) is 0 Å². The molecule has 0 bridgehead atoms. The van der Waals surface area contributed by atoms with E-state index in [0.717, 1.165) is 0 Å². The molecule has 84 valence electrons. The van der Waals surface area contributed by atoms with Gasteiger partial charge < -0.3 is 5.32 Å². The van der Waals surface area contributed by atoms with E-state index in [9.17, 15) is 8.42 Å². The van der Waals surface area contributed by atoms with Crippen molar-refractivity contribution in [3.63, 3.8) is 0 Å². The standard InChI is InChI=1S/C6H17N5O2S/c1-3-9-6(11-7)10-4-5-14(12,13)8-2/h8H,3-5,7H2,1-2H3,(H2,9,10,11). The second-order valence-electron chi connectivity index (χ2n) is 2.43. The number of rotatable bonds is 5. The molecular formula is C6H17N5O2S. The summed E-state index contributed by atoms with van der Waals surface area (Å²) in [6.45, 7) is 2.72. The van der Waals surface area contributed by atoms with Crippen LogP contribution in [-0.4, -0.2) is 40.3 Å². The minimum atomic E-state index is -3.19. The summed E-state index contributed by atoms with van der Waals surface area (Å²) in [6, 6.07) is 0. The quantitative estimate of drug-likeness (QED) is 0.186. The van der Waals surface area contributed by atoms with Crippen molar-refractivity contribution in [3.05, 3.63) is 0 Å². The molecule has 5 N–H and O–H groups in total. The fourth-order valence-corrected chi connectivity index (χ4v) is 1.24. The van der Waals surface area contributed by atoms with Gasteiger partial charge in [0.05, 0.1) is 12.3 Å². The molecule has 0 spiro atoms. The van der Waals surface area contributed by atoms with Crippen molar-refractivity contribution < 1.29 is 8.42 Å². The highest BCUT2D eigenvalue weighted by molar-refractivity contribution is 7.89. The molecular weight excluding hydrogens is 206 g/mol. The predicted molar refractivity (Wildman–Crippen MR) is 56.1 cm³/mol. The summed E-state index contributed by atoms with van der Waals surface area (Å²) in [5.74, 6) is 5.47. The van der Waals surface area contributed by atoms with Crippen LogP contribution < -0.4 is 21.3 Å². The first-order chi connectivity index (χ1) is 6.55. The van der Waals surface area contributed by atoms with Crippen molar-refractivity contribution in [2.24, 2.45) is 10.8 Å². The molecule has 7 nitrogen and oxygen atoms in total. The molecule has 0 unspecified atom stereocenters. The molecule has 0 heterocycles. The summed E-state index contributed by atoms with van der Waals surface area (Å²) >= 11 is 0. The van der Waals surface area contributed by atoms with E-state index >= 15 is 0 Å². The third-order valence-corrected chi connectivity index (χ3v) is 2.76. The van der Waals surface area contributed by atoms with Crippen molar-refractivity contribution in [3.8, 4) is 0 Å². The molecule has 0 radical (unpaired) electrons. The normalized spacial score (nSPS) is 12.6. The first-order valence-corrected chi connectivity index (χ1v) is 5.87. The maximum absolute atomic E-state index is 11.0. The lowest BCUT2D eigenvalue weighted by molar-refractivity contribution is 0.588. The number of sulfonamides is 1. The molecule has 0 saturated heterocycles. The molecule has 0 aromatic rings. The maximum atomic E-state index is 11.0. The zero-order valence-electron chi connectivity index (χ0n) is 8.37. The van der Waals surface area contributed by atoms with Gasteiger partial charge in [0.2, 0.25) is 16.0 Å². The van der Waals surface area contributed by atoms with E-state index in [2.05, 4.69) is 20.5 Å². The number of aliphatic imine (C=N–C) groups is 1. The number of hydrogen-bond donors (Lipinski definition) is 4. The summed E-state index contributed by atoms with van der Waals surface area (Å²) in [5, 5.41) is 2.84. The second-order valence-corrected chi connectivity index (χ2v) is 4.47. The van der Waals surface area contributed by atoms with Crippen molar-refractivity contribution in [2.75, 3.05) is 25.9 Å². The summed E-state index contributed by atoms with van der Waals surface area (Å²) in [7, 11) is -1.83. The largest absolute Gasteiger partial charge is 0.356 e. The van der Waals surface area contributed by atoms with Crippen LogP contribution in [0.2, 0.25) is 0 Å². The van der Waals surface area contributed by atoms with E-state index in [4.69, 9.17) is 5.84 Å². The summed E-state index contributed by atoms with van der Waals surface area (Å²) in [6.07, 6.45) is 0. The molecule has 0 rings (SSSR count). The summed E-state index contributed by atoms with van der Waals surface area (Å²) in [4.78, 5) is 3.92. The smallest absolute Gasteiger partial charge is 0.213 e. The average Bonchev–Trinajstić information content (AvgIpc) is 2.16. The van der Waals surface area contributed by atoms with E-state index < -0.39 is 10.0 Å². The van der Waals surface area contributed by atoms with Gasteiger partial charge in [0.15, 0.2) is 0 Å². The fourth-order valence-electron chi connectivity index (χ4n) is 0.700. The summed E-state index contributed by atoms with van der Waals surface area (Å²) < 4.78 is 24.1. The van der Waals surface area contributed by atoms with Crippen LogP contribution >= 0.6 is 0 Å². The van der Waals surface area contributed by atoms with Crippen LogP contribution in [0.4, 0.5) is 0 Å². The van der Waals surface area contributed by atoms with Crippen LogP contribution in [0.15, 0.2) is 4.99 Å². The highest BCUT2D eigenvalue weighted by Crippen LogP contribution is 1.82. The Morgan fingerprint density at radius 2 is 2.14 bits per heavy atom. The number of nitrogens with two attached hydrogens (primary N) is 1. The van der Waals surface area contributed by atoms with Gasteiger partial charge in [0, 0.05) is 6.54 Å². The fraction of sp³-hybridized carbons (Fsp3) is 0.833. The Kier molecular flexibility index (Phi) is 6.17. The molecule has 0 aliphatic heterocycles. The van der Waals surface area contributed by atoms with Crippen LogP contribution in [0.5, 0.6) is 0 Å². The van der Waals surface area contributed by atoms with Gasteiger partial charge in [-0.1, -0.05) is 0 Å². The molecule has 0 aromatic carbocycles. The second kappa shape index (κ2) is 6.57. The number of hydrogen-bond acceptors (Lipinski definition) is 4. The minimum absolute atomic E-state index is 0.0555. The van der Waals surface area contributed by atoms with Crippen LogP contribution in [-0.2, 0) is 10.0 Å². The van der Waals surface area contributed by atoms with E-state index in [-0.39, 0.29) is 12.3 Å². The number of hydrazine groups is 1. The lowest BCUT2D eigenvalue weighted by Crippen LogP contribution is -2.41. The molecule has 0 aromatic heterocycles. The molecule has 0 aliphatic carbocycles. The minimum Gasteiger partial charge on any atom is -0.356 e. The molecule has 0 atom stereocenters. The Labute approximate surface area is 84.2 Å². The monoisotopic (exact) mass is 223 g/mol. The van der Waals surface area contributed by atoms with Gasteiger partial charge in [-0.15, -0.1) is 0 Å². The SMILES string of the molecule is CCNC(=NCCS(=O)(=O)NC)NN. The third kappa shape index (κ3) is 5.73. The van der Waals surface area contributed by atoms with Crippen LogP contribution in [0.1, 0.15) is 6.92 Å². The van der Waals surface area contributed by atoms with Crippen molar-refractivity contribution in [1.82, 2.24) is 15.5 Å². The Morgan fingerprint density at radius 3 is 2.57 bits per heavy atom. The molecule has 0 amide bonds. The first kappa shape index (κ1) is 13.1. The zero-order chi connectivity index (χ0) is 11.0. The number of guanidine groups is 1. The van der Waals surface area contributed by atoms with Crippen molar-refractivity contribution >= 4 is 16.0 Å². The predicted octanol–water partition coefficient (Wildman–Crippen LogP) is -2.04. The topological polar surface area (TPSA) is 109 Å². The van der Waals surface area contributed by atoms with Gasteiger partial charge in [-0.3, -0.25) is 10.4 Å². The molecule has 0 fully saturated rings. The van der Waals surface area contributed by atoms with Gasteiger partial charge in [-0.05, 0) is 14.0 Å². The number of nitrogens with one attached hydrogen (secondary N) is 3. The molecule has 0 saturated carbocycles.